The molecule has 0 bridgehead atoms. The number of amides is 1. The van der Waals surface area contributed by atoms with Crippen LogP contribution in [0.3, 0.4) is 0 Å². The Morgan fingerprint density at radius 2 is 1.57 bits per heavy atom. The van der Waals surface area contributed by atoms with Gasteiger partial charge in [-0.1, -0.05) is 0 Å². The van der Waals surface area contributed by atoms with Gasteiger partial charge in [-0.25, -0.2) is 17.6 Å². The molecule has 0 aromatic heterocycles. The summed E-state index contributed by atoms with van der Waals surface area (Å²) in [6.07, 6.45) is 0. The molecule has 0 aliphatic heterocycles. The number of rotatable bonds is 2. The van der Waals surface area contributed by atoms with E-state index < -0.39 is 29.2 Å². The molecule has 0 aliphatic carbocycles. The van der Waals surface area contributed by atoms with Crippen molar-refractivity contribution in [1.82, 2.24) is 0 Å². The first-order chi connectivity index (χ1) is 9.79. The molecule has 0 atom stereocenters. The van der Waals surface area contributed by atoms with Crippen LogP contribution in [0, 0.1) is 30.2 Å². The standard InChI is InChI=1S/C14H8BrF4NO/c1-6-2-9(16)8(15)5-12(6)20-14(21)7-3-10(17)13(19)11(18)4-7/h2-5H,1H3,(H,20,21). The fourth-order valence-corrected chi connectivity index (χ4v) is 2.01. The van der Waals surface area contributed by atoms with Crippen LogP contribution < -0.4 is 5.32 Å². The van der Waals surface area contributed by atoms with Crippen molar-refractivity contribution in [2.45, 2.75) is 6.92 Å². The first-order valence-corrected chi connectivity index (χ1v) is 6.50. The summed E-state index contributed by atoms with van der Waals surface area (Å²) in [6.45, 7) is 1.55. The van der Waals surface area contributed by atoms with Crippen molar-refractivity contribution in [3.05, 3.63) is 63.1 Å². The van der Waals surface area contributed by atoms with Crippen LogP contribution in [0.1, 0.15) is 15.9 Å². The Hall–Kier alpha value is -1.89. The van der Waals surface area contributed by atoms with Crippen molar-refractivity contribution >= 4 is 27.5 Å². The maximum Gasteiger partial charge on any atom is 0.255 e. The summed E-state index contributed by atoms with van der Waals surface area (Å²) in [5.74, 6) is -5.92. The summed E-state index contributed by atoms with van der Waals surface area (Å²) in [7, 11) is 0. The molecule has 110 valence electrons. The maximum atomic E-state index is 13.3. The van der Waals surface area contributed by atoms with Gasteiger partial charge in [-0.3, -0.25) is 4.79 Å². The van der Waals surface area contributed by atoms with Crippen molar-refractivity contribution in [2.75, 3.05) is 5.32 Å². The SMILES string of the molecule is Cc1cc(F)c(Br)cc1NC(=O)c1cc(F)c(F)c(F)c1. The quantitative estimate of drug-likeness (QED) is 0.616. The molecule has 0 saturated heterocycles. The molecule has 0 spiro atoms. The number of nitrogens with one attached hydrogen (secondary N) is 1. The van der Waals surface area contributed by atoms with E-state index in [4.69, 9.17) is 0 Å². The van der Waals surface area contributed by atoms with Crippen molar-refractivity contribution in [3.63, 3.8) is 0 Å². The smallest absolute Gasteiger partial charge is 0.255 e. The largest absolute Gasteiger partial charge is 0.322 e. The molecule has 2 rings (SSSR count). The van der Waals surface area contributed by atoms with E-state index in [1.165, 1.54) is 12.1 Å². The van der Waals surface area contributed by atoms with Gasteiger partial charge in [0, 0.05) is 11.3 Å². The fourth-order valence-electron chi connectivity index (χ4n) is 1.66. The number of halogens is 5. The predicted molar refractivity (Wildman–Crippen MR) is 73.1 cm³/mol. The summed E-state index contributed by atoms with van der Waals surface area (Å²) in [5, 5.41) is 2.38. The van der Waals surface area contributed by atoms with Crippen molar-refractivity contribution in [3.8, 4) is 0 Å². The molecule has 2 aromatic rings. The van der Waals surface area contributed by atoms with Crippen LogP contribution in [0.5, 0.6) is 0 Å². The maximum absolute atomic E-state index is 13.3. The normalized spacial score (nSPS) is 10.6. The number of hydrogen-bond acceptors (Lipinski definition) is 1. The Bertz CT molecular complexity index is 710. The third kappa shape index (κ3) is 3.24. The van der Waals surface area contributed by atoms with Gasteiger partial charge < -0.3 is 5.32 Å². The molecule has 0 fully saturated rings. The molecule has 0 aliphatic rings. The Balaban J connectivity index is 2.32. The molecule has 1 amide bonds. The summed E-state index contributed by atoms with van der Waals surface area (Å²) in [4.78, 5) is 11.9. The van der Waals surface area contributed by atoms with E-state index in [0.717, 1.165) is 0 Å². The van der Waals surface area contributed by atoms with Gasteiger partial charge in [-0.05, 0) is 52.7 Å². The fraction of sp³-hybridized carbons (Fsp3) is 0.0714. The lowest BCUT2D eigenvalue weighted by atomic mass is 10.1. The minimum atomic E-state index is -1.65. The van der Waals surface area contributed by atoms with Crippen LogP contribution in [-0.2, 0) is 0 Å². The number of carbonyl (C=O) groups excluding carboxylic acids is 1. The van der Waals surface area contributed by atoms with E-state index in [-0.39, 0.29) is 15.7 Å². The third-order valence-corrected chi connectivity index (χ3v) is 3.37. The lowest BCUT2D eigenvalue weighted by Crippen LogP contribution is -2.14. The average molecular weight is 362 g/mol. The lowest BCUT2D eigenvalue weighted by molar-refractivity contribution is 0.102. The lowest BCUT2D eigenvalue weighted by Gasteiger charge is -2.10. The van der Waals surface area contributed by atoms with Gasteiger partial charge in [-0.15, -0.1) is 0 Å². The van der Waals surface area contributed by atoms with E-state index >= 15 is 0 Å². The molecule has 0 unspecified atom stereocenters. The predicted octanol–water partition coefficient (Wildman–Crippen LogP) is 4.57. The Morgan fingerprint density at radius 1 is 1.00 bits per heavy atom. The van der Waals surface area contributed by atoms with Gasteiger partial charge in [0.15, 0.2) is 17.5 Å². The van der Waals surface area contributed by atoms with E-state index in [0.29, 0.717) is 17.7 Å². The minimum absolute atomic E-state index is 0.125. The van der Waals surface area contributed by atoms with Crippen molar-refractivity contribution in [2.24, 2.45) is 0 Å². The molecule has 0 saturated carbocycles. The monoisotopic (exact) mass is 361 g/mol. The molecule has 21 heavy (non-hydrogen) atoms. The Labute approximate surface area is 125 Å². The summed E-state index contributed by atoms with van der Waals surface area (Å²) in [6, 6.07) is 3.67. The molecule has 1 N–H and O–H groups in total. The number of hydrogen-bond donors (Lipinski definition) is 1. The summed E-state index contributed by atoms with van der Waals surface area (Å²) >= 11 is 2.96. The zero-order chi connectivity index (χ0) is 15.7. The van der Waals surface area contributed by atoms with Crippen LogP contribution in [0.15, 0.2) is 28.7 Å². The van der Waals surface area contributed by atoms with E-state index in [2.05, 4.69) is 21.2 Å². The van der Waals surface area contributed by atoms with Crippen molar-refractivity contribution in [1.29, 1.82) is 0 Å². The zero-order valence-corrected chi connectivity index (χ0v) is 12.2. The second kappa shape index (κ2) is 5.85. The van der Waals surface area contributed by atoms with Gasteiger partial charge in [0.1, 0.15) is 5.82 Å². The van der Waals surface area contributed by atoms with Crippen LogP contribution >= 0.6 is 15.9 Å². The minimum Gasteiger partial charge on any atom is -0.322 e. The van der Waals surface area contributed by atoms with Crippen LogP contribution in [0.2, 0.25) is 0 Å². The molecule has 2 aromatic carbocycles. The van der Waals surface area contributed by atoms with Crippen LogP contribution in [0.25, 0.3) is 0 Å². The highest BCUT2D eigenvalue weighted by molar-refractivity contribution is 9.10. The van der Waals surface area contributed by atoms with Gasteiger partial charge >= 0.3 is 0 Å². The molecule has 0 heterocycles. The molecular formula is C14H8BrF4NO. The van der Waals surface area contributed by atoms with Crippen molar-refractivity contribution < 1.29 is 22.4 Å². The first-order valence-electron chi connectivity index (χ1n) is 5.71. The van der Waals surface area contributed by atoms with Crippen LogP contribution in [-0.4, -0.2) is 5.91 Å². The first kappa shape index (κ1) is 15.5. The topological polar surface area (TPSA) is 29.1 Å². The third-order valence-electron chi connectivity index (χ3n) is 2.76. The number of benzene rings is 2. The van der Waals surface area contributed by atoms with Gasteiger partial charge in [-0.2, -0.15) is 0 Å². The van der Waals surface area contributed by atoms with E-state index in [1.54, 1.807) is 6.92 Å². The Morgan fingerprint density at radius 3 is 2.14 bits per heavy atom. The van der Waals surface area contributed by atoms with E-state index in [9.17, 15) is 22.4 Å². The number of aryl methyl sites for hydroxylation is 1. The Kier molecular flexibility index (Phi) is 4.32. The zero-order valence-electron chi connectivity index (χ0n) is 10.6. The van der Waals surface area contributed by atoms with Gasteiger partial charge in [0.05, 0.1) is 4.47 Å². The second-order valence-corrected chi connectivity index (χ2v) is 5.14. The summed E-state index contributed by atoms with van der Waals surface area (Å²) < 4.78 is 52.4. The molecular weight excluding hydrogens is 354 g/mol. The van der Waals surface area contributed by atoms with Gasteiger partial charge in [0.2, 0.25) is 0 Å². The highest BCUT2D eigenvalue weighted by Crippen LogP contribution is 2.25. The van der Waals surface area contributed by atoms with Crippen LogP contribution in [0.4, 0.5) is 23.2 Å². The molecule has 2 nitrogen and oxygen atoms in total. The molecule has 0 radical (unpaired) electrons. The number of anilines is 1. The van der Waals surface area contributed by atoms with E-state index in [1.807, 2.05) is 0 Å². The highest BCUT2D eigenvalue weighted by Gasteiger charge is 2.16. The highest BCUT2D eigenvalue weighted by atomic mass is 79.9. The average Bonchev–Trinajstić information content (AvgIpc) is 2.41. The molecule has 7 heteroatoms. The second-order valence-electron chi connectivity index (χ2n) is 4.29. The summed E-state index contributed by atoms with van der Waals surface area (Å²) in [5.41, 5.74) is 0.303. The number of carbonyl (C=O) groups is 1. The van der Waals surface area contributed by atoms with Gasteiger partial charge in [0.25, 0.3) is 5.91 Å².